The number of aromatic nitrogens is 6. The van der Waals surface area contributed by atoms with Crippen molar-refractivity contribution in [1.82, 2.24) is 29.5 Å². The number of H-pyrrole nitrogens is 1. The third-order valence-corrected chi connectivity index (χ3v) is 5.14. The number of halogens is 2. The molecule has 29 heavy (non-hydrogen) atoms. The Kier molecular flexibility index (Phi) is 4.13. The van der Waals surface area contributed by atoms with Gasteiger partial charge in [0.05, 0.1) is 28.8 Å². The lowest BCUT2D eigenvalue weighted by atomic mass is 10.2. The molecule has 0 aliphatic carbocycles. The molecular formula is C20H15ClFN7. The summed E-state index contributed by atoms with van der Waals surface area (Å²) in [7, 11) is 0. The largest absolute Gasteiger partial charge is 0.360 e. The standard InChI is InChI=1S/C20H15ClFN7/c1-11(28-19-16-18(25-9-24-16)26-10-27-19)17-15(21)14-6-3-7-23-20(14)29(17)13-5-2-4-12(22)8-13/h2-11H,1H3,(H2,24,25,26,27,28). The van der Waals surface area contributed by atoms with Crippen LogP contribution in [-0.2, 0) is 0 Å². The first-order valence-corrected chi connectivity index (χ1v) is 9.32. The number of nitrogens with one attached hydrogen (secondary N) is 2. The van der Waals surface area contributed by atoms with Crippen LogP contribution in [0, 0.1) is 5.82 Å². The molecule has 9 heteroatoms. The second-order valence-corrected chi connectivity index (χ2v) is 6.96. The maximum absolute atomic E-state index is 14.0. The predicted molar refractivity (Wildman–Crippen MR) is 110 cm³/mol. The van der Waals surface area contributed by atoms with E-state index in [1.807, 2.05) is 29.7 Å². The van der Waals surface area contributed by atoms with Crippen molar-refractivity contribution in [3.05, 3.63) is 71.8 Å². The van der Waals surface area contributed by atoms with E-state index in [9.17, 15) is 4.39 Å². The summed E-state index contributed by atoms with van der Waals surface area (Å²) >= 11 is 6.76. The van der Waals surface area contributed by atoms with Crippen molar-refractivity contribution in [2.24, 2.45) is 0 Å². The minimum atomic E-state index is -0.336. The average molecular weight is 408 g/mol. The molecule has 1 atom stereocenters. The Balaban J connectivity index is 1.69. The molecule has 2 N–H and O–H groups in total. The molecule has 5 rings (SSSR count). The van der Waals surface area contributed by atoms with Gasteiger partial charge in [-0.1, -0.05) is 17.7 Å². The Labute approximate surface area is 169 Å². The number of hydrogen-bond donors (Lipinski definition) is 2. The monoisotopic (exact) mass is 407 g/mol. The Morgan fingerprint density at radius 3 is 2.90 bits per heavy atom. The van der Waals surface area contributed by atoms with Crippen LogP contribution >= 0.6 is 11.6 Å². The van der Waals surface area contributed by atoms with E-state index in [0.29, 0.717) is 33.3 Å². The molecule has 0 spiro atoms. The smallest absolute Gasteiger partial charge is 0.162 e. The van der Waals surface area contributed by atoms with Crippen LogP contribution in [0.4, 0.5) is 10.2 Å². The van der Waals surface area contributed by atoms with Crippen LogP contribution in [0.2, 0.25) is 5.02 Å². The summed E-state index contributed by atoms with van der Waals surface area (Å²) in [5.41, 5.74) is 3.29. The second-order valence-electron chi connectivity index (χ2n) is 6.58. The molecule has 144 valence electrons. The highest BCUT2D eigenvalue weighted by Gasteiger charge is 2.23. The molecule has 1 aromatic carbocycles. The number of rotatable bonds is 4. The van der Waals surface area contributed by atoms with Gasteiger partial charge in [0.25, 0.3) is 0 Å². The molecule has 7 nitrogen and oxygen atoms in total. The first kappa shape index (κ1) is 17.6. The minimum absolute atomic E-state index is 0.283. The Morgan fingerprint density at radius 1 is 1.14 bits per heavy atom. The van der Waals surface area contributed by atoms with E-state index < -0.39 is 0 Å². The lowest BCUT2D eigenvalue weighted by Gasteiger charge is -2.19. The molecule has 0 radical (unpaired) electrons. The zero-order valence-corrected chi connectivity index (χ0v) is 16.0. The molecule has 0 aliphatic heterocycles. The van der Waals surface area contributed by atoms with Gasteiger partial charge in [0.15, 0.2) is 11.5 Å². The van der Waals surface area contributed by atoms with Gasteiger partial charge in [-0.05, 0) is 37.3 Å². The van der Waals surface area contributed by atoms with Crippen LogP contribution in [0.5, 0.6) is 0 Å². The van der Waals surface area contributed by atoms with Gasteiger partial charge >= 0.3 is 0 Å². The summed E-state index contributed by atoms with van der Waals surface area (Å²) in [6.45, 7) is 1.95. The normalized spacial score (nSPS) is 12.5. The summed E-state index contributed by atoms with van der Waals surface area (Å²) in [6.07, 6.45) is 4.71. The lowest BCUT2D eigenvalue weighted by molar-refractivity contribution is 0.626. The number of benzene rings is 1. The molecule has 0 amide bonds. The number of pyridine rings is 1. The number of imidazole rings is 1. The van der Waals surface area contributed by atoms with Gasteiger partial charge in [-0.25, -0.2) is 24.3 Å². The van der Waals surface area contributed by atoms with Crippen LogP contribution in [0.25, 0.3) is 27.9 Å². The van der Waals surface area contributed by atoms with Gasteiger partial charge in [-0.2, -0.15) is 0 Å². The lowest BCUT2D eigenvalue weighted by Crippen LogP contribution is -2.14. The van der Waals surface area contributed by atoms with E-state index in [1.165, 1.54) is 18.5 Å². The molecule has 5 aromatic rings. The van der Waals surface area contributed by atoms with E-state index in [-0.39, 0.29) is 11.9 Å². The van der Waals surface area contributed by atoms with Crippen LogP contribution in [0.15, 0.2) is 55.2 Å². The number of nitrogens with zero attached hydrogens (tertiary/aromatic N) is 5. The van der Waals surface area contributed by atoms with Gasteiger partial charge in [-0.3, -0.25) is 4.57 Å². The second kappa shape index (κ2) is 6.82. The first-order chi connectivity index (χ1) is 14.1. The van der Waals surface area contributed by atoms with Gasteiger partial charge in [0, 0.05) is 11.6 Å². The molecule has 0 aliphatic rings. The maximum Gasteiger partial charge on any atom is 0.162 e. The molecule has 0 saturated carbocycles. The Bertz CT molecular complexity index is 1340. The van der Waals surface area contributed by atoms with E-state index in [0.717, 1.165) is 11.1 Å². The molecular weight excluding hydrogens is 393 g/mol. The highest BCUT2D eigenvalue weighted by molar-refractivity contribution is 6.36. The number of hydrogen-bond acceptors (Lipinski definition) is 5. The molecule has 0 saturated heterocycles. The Hall–Kier alpha value is -3.52. The van der Waals surface area contributed by atoms with E-state index in [1.54, 1.807) is 18.6 Å². The van der Waals surface area contributed by atoms with Gasteiger partial charge in [0.2, 0.25) is 0 Å². The maximum atomic E-state index is 14.0. The number of fused-ring (bicyclic) bond motifs is 2. The van der Waals surface area contributed by atoms with E-state index >= 15 is 0 Å². The fourth-order valence-corrected chi connectivity index (χ4v) is 3.90. The van der Waals surface area contributed by atoms with E-state index in [2.05, 4.69) is 30.2 Å². The number of anilines is 1. The minimum Gasteiger partial charge on any atom is -0.360 e. The van der Waals surface area contributed by atoms with E-state index in [4.69, 9.17) is 11.6 Å². The predicted octanol–water partition coefficient (Wildman–Crippen LogP) is 4.66. The average Bonchev–Trinajstić information content (AvgIpc) is 3.32. The van der Waals surface area contributed by atoms with Gasteiger partial charge in [0.1, 0.15) is 23.3 Å². The highest BCUT2D eigenvalue weighted by Crippen LogP contribution is 2.37. The third kappa shape index (κ3) is 2.89. The fourth-order valence-electron chi connectivity index (χ4n) is 3.50. The molecule has 1 unspecified atom stereocenters. The van der Waals surface area contributed by atoms with Crippen molar-refractivity contribution in [3.63, 3.8) is 0 Å². The summed E-state index contributed by atoms with van der Waals surface area (Å²) < 4.78 is 15.8. The van der Waals surface area contributed by atoms with Crippen molar-refractivity contribution >= 4 is 39.6 Å². The van der Waals surface area contributed by atoms with Crippen molar-refractivity contribution in [2.45, 2.75) is 13.0 Å². The summed E-state index contributed by atoms with van der Waals surface area (Å²) in [5, 5.41) is 4.69. The van der Waals surface area contributed by atoms with Crippen molar-refractivity contribution in [2.75, 3.05) is 5.32 Å². The van der Waals surface area contributed by atoms with Gasteiger partial charge < -0.3 is 10.3 Å². The summed E-state index contributed by atoms with van der Waals surface area (Å²) in [4.78, 5) is 20.2. The topological polar surface area (TPSA) is 84.3 Å². The molecule has 4 aromatic heterocycles. The Morgan fingerprint density at radius 2 is 2.03 bits per heavy atom. The van der Waals surface area contributed by atoms with Crippen molar-refractivity contribution < 1.29 is 4.39 Å². The highest BCUT2D eigenvalue weighted by atomic mass is 35.5. The summed E-state index contributed by atoms with van der Waals surface area (Å²) in [5.74, 6) is 0.237. The zero-order chi connectivity index (χ0) is 20.0. The molecule has 0 fully saturated rings. The van der Waals surface area contributed by atoms with Crippen LogP contribution < -0.4 is 5.32 Å². The fraction of sp³-hybridized carbons (Fsp3) is 0.100. The quantitative estimate of drug-likeness (QED) is 0.452. The van der Waals surface area contributed by atoms with Crippen LogP contribution in [0.3, 0.4) is 0 Å². The van der Waals surface area contributed by atoms with Crippen LogP contribution in [0.1, 0.15) is 18.7 Å². The van der Waals surface area contributed by atoms with Crippen molar-refractivity contribution in [1.29, 1.82) is 0 Å². The third-order valence-electron chi connectivity index (χ3n) is 4.75. The van der Waals surface area contributed by atoms with Gasteiger partial charge in [-0.15, -0.1) is 0 Å². The molecule has 4 heterocycles. The first-order valence-electron chi connectivity index (χ1n) is 8.95. The zero-order valence-electron chi connectivity index (χ0n) is 15.3. The molecule has 0 bridgehead atoms. The summed E-state index contributed by atoms with van der Waals surface area (Å²) in [6, 6.07) is 9.78. The van der Waals surface area contributed by atoms with Crippen molar-refractivity contribution in [3.8, 4) is 5.69 Å². The van der Waals surface area contributed by atoms with Crippen LogP contribution in [-0.4, -0.2) is 29.5 Å². The SMILES string of the molecule is CC(Nc1ncnc2[nH]cnc12)c1c(Cl)c2cccnc2n1-c1cccc(F)c1. The number of aromatic amines is 1.